The third kappa shape index (κ3) is 3.77. The fourth-order valence-electron chi connectivity index (χ4n) is 6.11. The van der Waals surface area contributed by atoms with Crippen molar-refractivity contribution in [2.45, 2.75) is 51.4 Å². The summed E-state index contributed by atoms with van der Waals surface area (Å²) in [4.78, 5) is 17.2. The number of amides is 1. The van der Waals surface area contributed by atoms with Crippen LogP contribution < -0.4 is 10.6 Å². The Morgan fingerprint density at radius 2 is 1.88 bits per heavy atom. The first-order chi connectivity index (χ1) is 12.6. The van der Waals surface area contributed by atoms with Crippen molar-refractivity contribution in [3.05, 3.63) is 28.5 Å². The summed E-state index contributed by atoms with van der Waals surface area (Å²) >= 11 is 6.27. The first kappa shape index (κ1) is 18.2. The maximum absolute atomic E-state index is 12.8. The highest BCUT2D eigenvalue weighted by Crippen LogP contribution is 2.59. The summed E-state index contributed by atoms with van der Waals surface area (Å²) in [5, 5.41) is 6.81. The Bertz CT molecular complexity index is 640. The van der Waals surface area contributed by atoms with E-state index in [0.717, 1.165) is 49.4 Å². The molecule has 0 atom stereocenters. The topological polar surface area (TPSA) is 54.0 Å². The number of aromatic nitrogens is 1. The van der Waals surface area contributed by atoms with E-state index in [1.807, 2.05) is 13.1 Å². The van der Waals surface area contributed by atoms with Crippen LogP contribution in [0.4, 0.5) is 0 Å². The second-order valence-corrected chi connectivity index (χ2v) is 9.37. The van der Waals surface area contributed by atoms with Gasteiger partial charge in [0.15, 0.2) is 0 Å². The van der Waals surface area contributed by atoms with Crippen molar-refractivity contribution < 1.29 is 4.79 Å². The molecule has 142 valence electrons. The van der Waals surface area contributed by atoms with Gasteiger partial charge in [-0.25, -0.2) is 0 Å². The van der Waals surface area contributed by atoms with Crippen molar-refractivity contribution in [3.63, 3.8) is 0 Å². The Kier molecular flexibility index (Phi) is 5.24. The van der Waals surface area contributed by atoms with Gasteiger partial charge in [0, 0.05) is 18.4 Å². The zero-order valence-corrected chi connectivity index (χ0v) is 16.4. The van der Waals surface area contributed by atoms with Crippen molar-refractivity contribution in [1.82, 2.24) is 15.6 Å². The molecule has 0 unspecified atom stereocenters. The smallest absolute Gasteiger partial charge is 0.252 e. The SMILES string of the molecule is CNCCCc1cc(C(=O)NCC23CC4CC(CC(C4)C2)C3)c(Cl)cn1. The summed E-state index contributed by atoms with van der Waals surface area (Å²) in [6.45, 7) is 1.75. The van der Waals surface area contributed by atoms with Crippen LogP contribution in [0.3, 0.4) is 0 Å². The Morgan fingerprint density at radius 1 is 1.23 bits per heavy atom. The van der Waals surface area contributed by atoms with Crippen LogP contribution in [0.2, 0.25) is 5.02 Å². The monoisotopic (exact) mass is 375 g/mol. The zero-order chi connectivity index (χ0) is 18.1. The summed E-state index contributed by atoms with van der Waals surface area (Å²) in [7, 11) is 1.94. The fourth-order valence-corrected chi connectivity index (χ4v) is 6.30. The first-order valence-electron chi connectivity index (χ1n) is 10.1. The van der Waals surface area contributed by atoms with Gasteiger partial charge in [-0.3, -0.25) is 9.78 Å². The van der Waals surface area contributed by atoms with Crippen LogP contribution in [0.1, 0.15) is 61.0 Å². The number of hydrogen-bond donors (Lipinski definition) is 2. The molecule has 26 heavy (non-hydrogen) atoms. The van der Waals surface area contributed by atoms with Crippen LogP contribution >= 0.6 is 11.6 Å². The molecule has 4 aliphatic carbocycles. The van der Waals surface area contributed by atoms with E-state index in [4.69, 9.17) is 11.6 Å². The number of nitrogens with one attached hydrogen (secondary N) is 2. The van der Waals surface area contributed by atoms with Gasteiger partial charge in [-0.15, -0.1) is 0 Å². The van der Waals surface area contributed by atoms with Gasteiger partial charge < -0.3 is 10.6 Å². The number of rotatable bonds is 7. The van der Waals surface area contributed by atoms with Crippen molar-refractivity contribution in [2.75, 3.05) is 20.1 Å². The van der Waals surface area contributed by atoms with Crippen molar-refractivity contribution in [2.24, 2.45) is 23.2 Å². The van der Waals surface area contributed by atoms with Gasteiger partial charge >= 0.3 is 0 Å². The third-order valence-corrected chi connectivity index (χ3v) is 7.11. The Hall–Kier alpha value is -1.13. The number of aryl methyl sites for hydroxylation is 1. The van der Waals surface area contributed by atoms with Crippen LogP contribution in [0, 0.1) is 23.2 Å². The standard InChI is InChI=1S/C21H30ClN3O/c1-23-4-2-3-17-8-18(19(22)12-24-17)20(26)25-13-21-9-14-5-15(10-21)7-16(6-14)11-21/h8,12,14-16,23H,2-7,9-11,13H2,1H3,(H,25,26). The van der Waals surface area contributed by atoms with Crippen LogP contribution in [0.5, 0.6) is 0 Å². The summed E-state index contributed by atoms with van der Waals surface area (Å²) in [5.41, 5.74) is 1.86. The summed E-state index contributed by atoms with van der Waals surface area (Å²) < 4.78 is 0. The lowest BCUT2D eigenvalue weighted by Crippen LogP contribution is -2.51. The Balaban J connectivity index is 1.40. The molecular weight excluding hydrogens is 346 g/mol. The van der Waals surface area contributed by atoms with E-state index in [9.17, 15) is 4.79 Å². The van der Waals surface area contributed by atoms with Gasteiger partial charge in [-0.2, -0.15) is 0 Å². The quantitative estimate of drug-likeness (QED) is 0.712. The molecule has 0 radical (unpaired) electrons. The summed E-state index contributed by atoms with van der Waals surface area (Å²) in [6.07, 6.45) is 11.7. The van der Waals surface area contributed by atoms with Crippen LogP contribution in [-0.4, -0.2) is 31.0 Å². The number of pyridine rings is 1. The molecule has 5 rings (SSSR count). The number of halogens is 1. The van der Waals surface area contributed by atoms with Crippen molar-refractivity contribution >= 4 is 17.5 Å². The molecule has 0 aliphatic heterocycles. The number of hydrogen-bond acceptors (Lipinski definition) is 3. The molecule has 4 nitrogen and oxygen atoms in total. The molecule has 4 aliphatic rings. The number of carbonyl (C=O) groups is 1. The highest BCUT2D eigenvalue weighted by molar-refractivity contribution is 6.33. The minimum atomic E-state index is -0.0389. The lowest BCUT2D eigenvalue weighted by atomic mass is 9.49. The van der Waals surface area contributed by atoms with E-state index in [-0.39, 0.29) is 5.91 Å². The van der Waals surface area contributed by atoms with Crippen LogP contribution in [0.25, 0.3) is 0 Å². The molecule has 2 N–H and O–H groups in total. The van der Waals surface area contributed by atoms with Crippen molar-refractivity contribution in [1.29, 1.82) is 0 Å². The average Bonchev–Trinajstić information content (AvgIpc) is 2.60. The van der Waals surface area contributed by atoms with Crippen LogP contribution in [0.15, 0.2) is 12.3 Å². The van der Waals surface area contributed by atoms with Crippen molar-refractivity contribution in [3.8, 4) is 0 Å². The van der Waals surface area contributed by atoms with Gasteiger partial charge in [0.05, 0.1) is 10.6 Å². The van der Waals surface area contributed by atoms with Gasteiger partial charge in [0.25, 0.3) is 5.91 Å². The van der Waals surface area contributed by atoms with Gasteiger partial charge in [-0.05, 0) is 94.2 Å². The third-order valence-electron chi connectivity index (χ3n) is 6.81. The average molecular weight is 376 g/mol. The van der Waals surface area contributed by atoms with Gasteiger partial charge in [-0.1, -0.05) is 11.6 Å². The molecule has 4 bridgehead atoms. The Morgan fingerprint density at radius 3 is 2.50 bits per heavy atom. The van der Waals surface area contributed by atoms with E-state index in [0.29, 0.717) is 16.0 Å². The highest BCUT2D eigenvalue weighted by atomic mass is 35.5. The lowest BCUT2D eigenvalue weighted by Gasteiger charge is -2.56. The van der Waals surface area contributed by atoms with Crippen LogP contribution in [-0.2, 0) is 6.42 Å². The lowest BCUT2D eigenvalue weighted by molar-refractivity contribution is -0.0503. The second-order valence-electron chi connectivity index (χ2n) is 8.96. The molecule has 0 saturated heterocycles. The minimum Gasteiger partial charge on any atom is -0.351 e. The summed E-state index contributed by atoms with van der Waals surface area (Å²) in [6, 6.07) is 1.87. The number of carbonyl (C=O) groups excluding carboxylic acids is 1. The molecule has 1 aromatic rings. The molecule has 4 saturated carbocycles. The molecule has 0 aromatic carbocycles. The normalized spacial score (nSPS) is 32.0. The first-order valence-corrected chi connectivity index (χ1v) is 10.5. The highest BCUT2D eigenvalue weighted by Gasteiger charge is 2.50. The fraction of sp³-hybridized carbons (Fsp3) is 0.714. The predicted octanol–water partition coefficient (Wildman–Crippen LogP) is 3.83. The van der Waals surface area contributed by atoms with E-state index in [1.165, 1.54) is 38.5 Å². The maximum atomic E-state index is 12.8. The predicted molar refractivity (Wildman–Crippen MR) is 104 cm³/mol. The van der Waals surface area contributed by atoms with E-state index < -0.39 is 0 Å². The molecular formula is C21H30ClN3O. The number of nitrogens with zero attached hydrogens (tertiary/aromatic N) is 1. The maximum Gasteiger partial charge on any atom is 0.252 e. The largest absolute Gasteiger partial charge is 0.351 e. The Labute approximate surface area is 161 Å². The van der Waals surface area contributed by atoms with Gasteiger partial charge in [0.1, 0.15) is 0 Å². The molecule has 1 amide bonds. The molecule has 1 heterocycles. The molecule has 5 heteroatoms. The van der Waals surface area contributed by atoms with E-state index in [1.54, 1.807) is 6.20 Å². The second kappa shape index (κ2) is 7.47. The molecule has 1 aromatic heterocycles. The summed E-state index contributed by atoms with van der Waals surface area (Å²) in [5.74, 6) is 2.67. The van der Waals surface area contributed by atoms with E-state index in [2.05, 4.69) is 15.6 Å². The molecule has 0 spiro atoms. The van der Waals surface area contributed by atoms with E-state index >= 15 is 0 Å². The van der Waals surface area contributed by atoms with Gasteiger partial charge in [0.2, 0.25) is 0 Å². The molecule has 4 fully saturated rings. The minimum absolute atomic E-state index is 0.0389. The zero-order valence-electron chi connectivity index (χ0n) is 15.7.